The van der Waals surface area contributed by atoms with Gasteiger partial charge in [-0.05, 0) is 25.1 Å². The van der Waals surface area contributed by atoms with E-state index in [-0.39, 0.29) is 22.5 Å². The average Bonchev–Trinajstić information content (AvgIpc) is 2.42. The first-order valence-corrected chi connectivity index (χ1v) is 6.25. The molecule has 0 aliphatic heterocycles. The van der Waals surface area contributed by atoms with E-state index in [2.05, 4.69) is 9.97 Å². The van der Waals surface area contributed by atoms with Crippen LogP contribution in [-0.2, 0) is 11.3 Å². The maximum atomic E-state index is 13.7. The second-order valence-corrected chi connectivity index (χ2v) is 4.36. The first-order chi connectivity index (χ1) is 9.52. The molecule has 0 atom stereocenters. The van der Waals surface area contributed by atoms with Crippen molar-refractivity contribution in [1.29, 1.82) is 0 Å². The molecule has 1 heterocycles. The second kappa shape index (κ2) is 6.15. The molecule has 0 saturated heterocycles. The molecule has 7 heteroatoms. The van der Waals surface area contributed by atoms with Crippen LogP contribution in [-0.4, -0.2) is 16.6 Å². The van der Waals surface area contributed by atoms with Crippen molar-refractivity contribution >= 4 is 12.2 Å². The third kappa shape index (κ3) is 3.05. The molecule has 0 aliphatic carbocycles. The minimum Gasteiger partial charge on any atom is -0.374 e. The Balaban J connectivity index is 2.50. The molecule has 106 valence electrons. The fraction of sp³-hybridized carbons (Fsp3) is 0.231. The van der Waals surface area contributed by atoms with Gasteiger partial charge in [-0.2, -0.15) is 0 Å². The molecule has 0 fully saturated rings. The molecule has 0 saturated carbocycles. The monoisotopic (exact) mass is 300 g/mol. The SMILES string of the molecule is CCOCc1nc(=S)cc(-c2ccc(F)c(F)c2F)[nH]1. The van der Waals surface area contributed by atoms with Gasteiger partial charge in [-0.1, -0.05) is 12.2 Å². The lowest BCUT2D eigenvalue weighted by molar-refractivity contribution is 0.128. The van der Waals surface area contributed by atoms with E-state index in [1.165, 1.54) is 6.07 Å². The highest BCUT2D eigenvalue weighted by Crippen LogP contribution is 2.24. The zero-order valence-electron chi connectivity index (χ0n) is 10.5. The number of rotatable bonds is 4. The van der Waals surface area contributed by atoms with Gasteiger partial charge in [-0.3, -0.25) is 0 Å². The van der Waals surface area contributed by atoms with Gasteiger partial charge in [-0.25, -0.2) is 18.2 Å². The quantitative estimate of drug-likeness (QED) is 0.690. The predicted octanol–water partition coefficient (Wildman–Crippen LogP) is 3.76. The predicted molar refractivity (Wildman–Crippen MR) is 70.1 cm³/mol. The molecule has 0 spiro atoms. The van der Waals surface area contributed by atoms with Crippen molar-refractivity contribution in [2.24, 2.45) is 0 Å². The van der Waals surface area contributed by atoms with E-state index in [0.29, 0.717) is 12.4 Å². The summed E-state index contributed by atoms with van der Waals surface area (Å²) in [5, 5.41) is 0. The van der Waals surface area contributed by atoms with Crippen molar-refractivity contribution in [2.45, 2.75) is 13.5 Å². The zero-order chi connectivity index (χ0) is 14.7. The summed E-state index contributed by atoms with van der Waals surface area (Å²) in [6.07, 6.45) is 0. The Morgan fingerprint density at radius 3 is 2.70 bits per heavy atom. The Morgan fingerprint density at radius 2 is 2.00 bits per heavy atom. The maximum Gasteiger partial charge on any atom is 0.195 e. The number of nitrogens with one attached hydrogen (secondary N) is 1. The lowest BCUT2D eigenvalue weighted by atomic mass is 10.1. The normalized spacial score (nSPS) is 10.8. The molecule has 2 rings (SSSR count). The van der Waals surface area contributed by atoms with Crippen LogP contribution in [0.2, 0.25) is 0 Å². The van der Waals surface area contributed by atoms with Crippen molar-refractivity contribution in [1.82, 2.24) is 9.97 Å². The van der Waals surface area contributed by atoms with Crippen LogP contribution in [0.1, 0.15) is 12.7 Å². The van der Waals surface area contributed by atoms with Crippen LogP contribution >= 0.6 is 12.2 Å². The van der Waals surface area contributed by atoms with Gasteiger partial charge in [0.05, 0.1) is 5.69 Å². The van der Waals surface area contributed by atoms with Crippen molar-refractivity contribution in [3.05, 3.63) is 46.1 Å². The fourth-order valence-corrected chi connectivity index (χ4v) is 1.88. The molecule has 0 aliphatic rings. The third-order valence-electron chi connectivity index (χ3n) is 2.56. The number of hydrogen-bond donors (Lipinski definition) is 1. The van der Waals surface area contributed by atoms with E-state index >= 15 is 0 Å². The van der Waals surface area contributed by atoms with Crippen LogP contribution in [0.3, 0.4) is 0 Å². The van der Waals surface area contributed by atoms with E-state index in [1.807, 2.05) is 6.92 Å². The third-order valence-corrected chi connectivity index (χ3v) is 2.77. The van der Waals surface area contributed by atoms with Gasteiger partial charge in [0, 0.05) is 12.2 Å². The van der Waals surface area contributed by atoms with Crippen molar-refractivity contribution in [3.8, 4) is 11.3 Å². The molecule has 20 heavy (non-hydrogen) atoms. The Morgan fingerprint density at radius 1 is 1.25 bits per heavy atom. The summed E-state index contributed by atoms with van der Waals surface area (Å²) in [7, 11) is 0. The van der Waals surface area contributed by atoms with Crippen molar-refractivity contribution in [2.75, 3.05) is 6.61 Å². The van der Waals surface area contributed by atoms with Crippen LogP contribution in [0.25, 0.3) is 11.3 Å². The first kappa shape index (κ1) is 14.7. The van der Waals surface area contributed by atoms with Crippen LogP contribution in [0.5, 0.6) is 0 Å². The Bertz CT molecular complexity index is 688. The number of nitrogens with zero attached hydrogens (tertiary/aromatic N) is 1. The molecule has 3 nitrogen and oxygen atoms in total. The van der Waals surface area contributed by atoms with Gasteiger partial charge in [-0.15, -0.1) is 0 Å². The molecule has 0 unspecified atom stereocenters. The van der Waals surface area contributed by atoms with Gasteiger partial charge >= 0.3 is 0 Å². The zero-order valence-corrected chi connectivity index (χ0v) is 11.4. The maximum absolute atomic E-state index is 13.7. The van der Waals surface area contributed by atoms with Gasteiger partial charge in [0.15, 0.2) is 17.5 Å². The molecule has 1 N–H and O–H groups in total. The lowest BCUT2D eigenvalue weighted by Crippen LogP contribution is -2.02. The fourth-order valence-electron chi connectivity index (χ4n) is 1.65. The smallest absolute Gasteiger partial charge is 0.195 e. The van der Waals surface area contributed by atoms with E-state index < -0.39 is 17.5 Å². The molecule has 0 amide bonds. The lowest BCUT2D eigenvalue weighted by Gasteiger charge is -2.08. The second-order valence-electron chi connectivity index (χ2n) is 3.94. The van der Waals surface area contributed by atoms with Gasteiger partial charge in [0.1, 0.15) is 17.1 Å². The van der Waals surface area contributed by atoms with Crippen LogP contribution in [0.15, 0.2) is 18.2 Å². The molecular formula is C13H11F3N2OS. The van der Waals surface area contributed by atoms with Crippen LogP contribution in [0.4, 0.5) is 13.2 Å². The molecule has 0 bridgehead atoms. The standard InChI is InChI=1S/C13H11F3N2OS/c1-2-19-6-10-17-9(5-11(20)18-10)7-3-4-8(14)13(16)12(7)15/h3-5H,2,6H2,1H3,(H,17,18,20). The minimum atomic E-state index is -1.52. The van der Waals surface area contributed by atoms with Gasteiger partial charge in [0.2, 0.25) is 0 Å². The molecule has 1 aromatic carbocycles. The number of benzene rings is 1. The number of aromatic amines is 1. The molecule has 1 aromatic heterocycles. The van der Waals surface area contributed by atoms with Crippen molar-refractivity contribution < 1.29 is 17.9 Å². The Labute approximate surface area is 118 Å². The molecule has 2 aromatic rings. The van der Waals surface area contributed by atoms with E-state index in [9.17, 15) is 13.2 Å². The highest BCUT2D eigenvalue weighted by molar-refractivity contribution is 7.71. The van der Waals surface area contributed by atoms with E-state index in [1.54, 1.807) is 0 Å². The highest BCUT2D eigenvalue weighted by Gasteiger charge is 2.15. The number of hydrogen-bond acceptors (Lipinski definition) is 3. The largest absolute Gasteiger partial charge is 0.374 e. The summed E-state index contributed by atoms with van der Waals surface area (Å²) in [6.45, 7) is 2.46. The summed E-state index contributed by atoms with van der Waals surface area (Å²) in [5.74, 6) is -3.65. The summed E-state index contributed by atoms with van der Waals surface area (Å²) >= 11 is 4.96. The number of H-pyrrole nitrogens is 1. The van der Waals surface area contributed by atoms with Crippen LogP contribution < -0.4 is 0 Å². The average molecular weight is 300 g/mol. The van der Waals surface area contributed by atoms with Gasteiger partial charge < -0.3 is 9.72 Å². The summed E-state index contributed by atoms with van der Waals surface area (Å²) in [5.41, 5.74) is 0.103. The number of ether oxygens (including phenoxy) is 1. The number of aromatic nitrogens is 2. The summed E-state index contributed by atoms with van der Waals surface area (Å²) in [4.78, 5) is 6.80. The van der Waals surface area contributed by atoms with E-state index in [4.69, 9.17) is 17.0 Å². The topological polar surface area (TPSA) is 37.9 Å². The highest BCUT2D eigenvalue weighted by atomic mass is 32.1. The van der Waals surface area contributed by atoms with Crippen LogP contribution in [0, 0.1) is 22.1 Å². The summed E-state index contributed by atoms with van der Waals surface area (Å²) in [6, 6.07) is 3.37. The van der Waals surface area contributed by atoms with Crippen molar-refractivity contribution in [3.63, 3.8) is 0 Å². The minimum absolute atomic E-state index is 0.116. The molecule has 0 radical (unpaired) electrons. The van der Waals surface area contributed by atoms with E-state index in [0.717, 1.165) is 12.1 Å². The van der Waals surface area contributed by atoms with Gasteiger partial charge in [0.25, 0.3) is 0 Å². The Kier molecular flexibility index (Phi) is 4.51. The molecular weight excluding hydrogens is 289 g/mol. The Hall–Kier alpha value is -1.73. The first-order valence-electron chi connectivity index (χ1n) is 5.84. The number of halogens is 3. The summed E-state index contributed by atoms with van der Waals surface area (Å²) < 4.78 is 45.3.